The number of halogens is 2. The van der Waals surface area contributed by atoms with Crippen LogP contribution in [0.25, 0.3) is 0 Å². The zero-order chi connectivity index (χ0) is 15.0. The van der Waals surface area contributed by atoms with E-state index in [1.807, 2.05) is 17.0 Å². The number of nitrogens with two attached hydrogens (primary N) is 2. The summed E-state index contributed by atoms with van der Waals surface area (Å²) >= 11 is 5.93. The van der Waals surface area contributed by atoms with Crippen LogP contribution in [0.15, 0.2) is 30.6 Å². The molecule has 1 unspecified atom stereocenters. The van der Waals surface area contributed by atoms with Crippen molar-refractivity contribution in [1.82, 2.24) is 4.98 Å². The molecule has 3 rings (SSSR count). The van der Waals surface area contributed by atoms with Crippen LogP contribution in [0.3, 0.4) is 0 Å². The minimum atomic E-state index is -0.551. The molecule has 0 radical (unpaired) electrons. The topological polar surface area (TPSA) is 68.2 Å². The van der Waals surface area contributed by atoms with Crippen LogP contribution in [0, 0.1) is 5.82 Å². The maximum atomic E-state index is 14.5. The summed E-state index contributed by atoms with van der Waals surface area (Å²) in [6.45, 7) is 0.723. The molecule has 1 fully saturated rings. The van der Waals surface area contributed by atoms with Crippen molar-refractivity contribution in [1.29, 1.82) is 0 Å². The summed E-state index contributed by atoms with van der Waals surface area (Å²) in [6, 6.07) is 5.43. The van der Waals surface area contributed by atoms with Gasteiger partial charge in [0.15, 0.2) is 5.82 Å². The van der Waals surface area contributed by atoms with Gasteiger partial charge in [-0.05, 0) is 30.5 Å². The summed E-state index contributed by atoms with van der Waals surface area (Å²) in [7, 11) is 0. The van der Waals surface area contributed by atoms with E-state index in [-0.39, 0.29) is 16.8 Å². The van der Waals surface area contributed by atoms with Gasteiger partial charge in [0.2, 0.25) is 0 Å². The first-order chi connectivity index (χ1) is 10.1. The Morgan fingerprint density at radius 2 is 2.14 bits per heavy atom. The van der Waals surface area contributed by atoms with E-state index in [1.54, 1.807) is 12.4 Å². The van der Waals surface area contributed by atoms with Crippen molar-refractivity contribution in [3.8, 4) is 0 Å². The van der Waals surface area contributed by atoms with Crippen molar-refractivity contribution in [2.75, 3.05) is 22.9 Å². The quantitative estimate of drug-likeness (QED) is 0.835. The smallest absolute Gasteiger partial charge is 0.169 e. The van der Waals surface area contributed by atoms with Crippen LogP contribution in [-0.2, 0) is 0 Å². The van der Waals surface area contributed by atoms with Gasteiger partial charge in [-0.3, -0.25) is 4.98 Å². The average molecular weight is 307 g/mol. The van der Waals surface area contributed by atoms with E-state index >= 15 is 0 Å². The van der Waals surface area contributed by atoms with E-state index in [1.165, 1.54) is 6.07 Å². The number of nitrogens with zero attached hydrogens (tertiary/aromatic N) is 2. The molecule has 0 spiro atoms. The highest BCUT2D eigenvalue weighted by Crippen LogP contribution is 2.43. The van der Waals surface area contributed by atoms with Crippen LogP contribution in [0.2, 0.25) is 5.02 Å². The Morgan fingerprint density at radius 1 is 1.33 bits per heavy atom. The fourth-order valence-corrected chi connectivity index (χ4v) is 3.05. The van der Waals surface area contributed by atoms with Crippen molar-refractivity contribution < 1.29 is 4.39 Å². The van der Waals surface area contributed by atoms with Crippen molar-refractivity contribution in [3.63, 3.8) is 0 Å². The van der Waals surface area contributed by atoms with Crippen LogP contribution in [0.4, 0.5) is 21.5 Å². The van der Waals surface area contributed by atoms with Gasteiger partial charge >= 0.3 is 0 Å². The SMILES string of the molecule is Nc1cc(N)c(N2CCCC2c2cccnc2)c(F)c1Cl. The summed E-state index contributed by atoms with van der Waals surface area (Å²) in [5, 5.41) is -0.0731. The molecule has 4 nitrogen and oxygen atoms in total. The summed E-state index contributed by atoms with van der Waals surface area (Å²) in [6.07, 6.45) is 5.40. The molecule has 21 heavy (non-hydrogen) atoms. The Balaban J connectivity index is 2.06. The molecule has 0 amide bonds. The molecular weight excluding hydrogens is 291 g/mol. The number of hydrogen-bond acceptors (Lipinski definition) is 4. The Kier molecular flexibility index (Phi) is 3.59. The van der Waals surface area contributed by atoms with E-state index in [0.29, 0.717) is 11.4 Å². The third-order valence-electron chi connectivity index (χ3n) is 3.85. The predicted molar refractivity (Wildman–Crippen MR) is 83.8 cm³/mol. The molecule has 0 saturated carbocycles. The van der Waals surface area contributed by atoms with Crippen LogP contribution < -0.4 is 16.4 Å². The standard InChI is InChI=1S/C15H16ClFN4/c16-13-10(18)7-11(19)15(14(13)17)21-6-2-4-12(21)9-3-1-5-20-8-9/h1,3,5,7-8,12H,2,4,6,18-19H2. The van der Waals surface area contributed by atoms with Gasteiger partial charge in [-0.2, -0.15) is 0 Å². The predicted octanol–water partition coefficient (Wildman–Crippen LogP) is 3.38. The Morgan fingerprint density at radius 3 is 2.86 bits per heavy atom. The highest BCUT2D eigenvalue weighted by Gasteiger charge is 2.31. The normalized spacial score (nSPS) is 18.2. The first kappa shape index (κ1) is 13.9. The van der Waals surface area contributed by atoms with E-state index in [9.17, 15) is 4.39 Å². The highest BCUT2D eigenvalue weighted by atomic mass is 35.5. The van der Waals surface area contributed by atoms with Gasteiger partial charge in [-0.25, -0.2) is 4.39 Å². The van der Waals surface area contributed by atoms with Crippen LogP contribution in [-0.4, -0.2) is 11.5 Å². The van der Waals surface area contributed by atoms with Crippen molar-refractivity contribution in [2.24, 2.45) is 0 Å². The van der Waals surface area contributed by atoms with Crippen molar-refractivity contribution in [2.45, 2.75) is 18.9 Å². The van der Waals surface area contributed by atoms with Crippen LogP contribution in [0.1, 0.15) is 24.4 Å². The summed E-state index contributed by atoms with van der Waals surface area (Å²) < 4.78 is 14.5. The zero-order valence-electron chi connectivity index (χ0n) is 11.4. The van der Waals surface area contributed by atoms with Gasteiger partial charge in [0, 0.05) is 18.9 Å². The van der Waals surface area contributed by atoms with Gasteiger partial charge < -0.3 is 16.4 Å². The molecule has 2 aromatic rings. The van der Waals surface area contributed by atoms with Crippen LogP contribution >= 0.6 is 11.6 Å². The molecule has 1 aromatic heterocycles. The number of nitrogen functional groups attached to an aromatic ring is 2. The molecule has 0 aliphatic carbocycles. The number of pyridine rings is 1. The highest BCUT2D eigenvalue weighted by molar-refractivity contribution is 6.33. The number of rotatable bonds is 2. The second-order valence-corrected chi connectivity index (χ2v) is 5.55. The third kappa shape index (κ3) is 2.38. The lowest BCUT2D eigenvalue weighted by Crippen LogP contribution is -2.25. The fraction of sp³-hybridized carbons (Fsp3) is 0.267. The molecule has 6 heteroatoms. The monoisotopic (exact) mass is 306 g/mol. The Bertz CT molecular complexity index is 662. The molecule has 4 N–H and O–H groups in total. The van der Waals surface area contributed by atoms with Crippen molar-refractivity contribution >= 4 is 28.7 Å². The molecule has 1 saturated heterocycles. The Labute approximate surface area is 127 Å². The van der Waals surface area contributed by atoms with E-state index in [0.717, 1.165) is 24.9 Å². The summed E-state index contributed by atoms with van der Waals surface area (Å²) in [5.74, 6) is -0.551. The molecule has 1 aliphatic heterocycles. The number of aromatic nitrogens is 1. The molecule has 2 heterocycles. The lowest BCUT2D eigenvalue weighted by molar-refractivity contribution is 0.613. The third-order valence-corrected chi connectivity index (χ3v) is 4.23. The summed E-state index contributed by atoms with van der Waals surface area (Å²) in [4.78, 5) is 6.09. The van der Waals surface area contributed by atoms with Gasteiger partial charge in [-0.1, -0.05) is 17.7 Å². The molecule has 1 atom stereocenters. The first-order valence-electron chi connectivity index (χ1n) is 6.79. The lowest BCUT2D eigenvalue weighted by atomic mass is 10.1. The fourth-order valence-electron chi connectivity index (χ4n) is 2.90. The summed E-state index contributed by atoms with van der Waals surface area (Å²) in [5.41, 5.74) is 13.5. The lowest BCUT2D eigenvalue weighted by Gasteiger charge is -2.29. The molecule has 1 aromatic carbocycles. The molecule has 1 aliphatic rings. The largest absolute Gasteiger partial charge is 0.397 e. The Hall–Kier alpha value is -2.01. The zero-order valence-corrected chi connectivity index (χ0v) is 12.1. The molecule has 0 bridgehead atoms. The number of anilines is 3. The van der Waals surface area contributed by atoms with Gasteiger partial charge in [-0.15, -0.1) is 0 Å². The molecule has 110 valence electrons. The van der Waals surface area contributed by atoms with Gasteiger partial charge in [0.05, 0.1) is 23.1 Å². The van der Waals surface area contributed by atoms with Crippen molar-refractivity contribution in [3.05, 3.63) is 47.0 Å². The first-order valence-corrected chi connectivity index (χ1v) is 7.17. The number of benzene rings is 1. The van der Waals surface area contributed by atoms with E-state index < -0.39 is 5.82 Å². The van der Waals surface area contributed by atoms with E-state index in [4.69, 9.17) is 23.1 Å². The maximum absolute atomic E-state index is 14.5. The second-order valence-electron chi connectivity index (χ2n) is 5.17. The average Bonchev–Trinajstić information content (AvgIpc) is 2.95. The van der Waals surface area contributed by atoms with Gasteiger partial charge in [0.1, 0.15) is 5.02 Å². The van der Waals surface area contributed by atoms with Crippen LogP contribution in [0.5, 0.6) is 0 Å². The van der Waals surface area contributed by atoms with Gasteiger partial charge in [0.25, 0.3) is 0 Å². The maximum Gasteiger partial charge on any atom is 0.169 e. The molecular formula is C15H16ClFN4. The number of hydrogen-bond donors (Lipinski definition) is 2. The second kappa shape index (κ2) is 5.41. The van der Waals surface area contributed by atoms with E-state index in [2.05, 4.69) is 4.98 Å². The minimum absolute atomic E-state index is 0.0511. The minimum Gasteiger partial charge on any atom is -0.397 e.